The van der Waals surface area contributed by atoms with Gasteiger partial charge in [0.2, 0.25) is 5.91 Å². The van der Waals surface area contributed by atoms with E-state index in [1.54, 1.807) is 0 Å². The SMILES string of the molecule is CCn1cc(CN2CCCC(CCC(=O)N(C)C3CCN(C)CC3)C2)cn1. The Kier molecular flexibility index (Phi) is 7.30. The molecule has 6 heteroatoms. The van der Waals surface area contributed by atoms with Crippen LogP contribution in [0.3, 0.4) is 0 Å². The third kappa shape index (κ3) is 5.79. The van der Waals surface area contributed by atoms with Crippen LogP contribution in [-0.2, 0) is 17.9 Å². The highest BCUT2D eigenvalue weighted by Crippen LogP contribution is 2.23. The molecule has 0 aliphatic carbocycles. The number of hydrogen-bond acceptors (Lipinski definition) is 4. The largest absolute Gasteiger partial charge is 0.343 e. The van der Waals surface area contributed by atoms with E-state index in [4.69, 9.17) is 0 Å². The molecule has 152 valence electrons. The summed E-state index contributed by atoms with van der Waals surface area (Å²) in [6.45, 7) is 8.52. The molecule has 3 rings (SSSR count). The smallest absolute Gasteiger partial charge is 0.222 e. The lowest BCUT2D eigenvalue weighted by Crippen LogP contribution is -2.44. The van der Waals surface area contributed by atoms with Gasteiger partial charge in [-0.05, 0) is 71.6 Å². The molecule has 1 atom stereocenters. The van der Waals surface area contributed by atoms with Crippen molar-refractivity contribution < 1.29 is 4.79 Å². The number of likely N-dealkylation sites (tertiary alicyclic amines) is 2. The zero-order valence-electron chi connectivity index (χ0n) is 17.4. The number of aryl methyl sites for hydroxylation is 1. The van der Waals surface area contributed by atoms with Crippen molar-refractivity contribution in [2.45, 2.75) is 64.6 Å². The summed E-state index contributed by atoms with van der Waals surface area (Å²) in [4.78, 5) is 19.6. The average molecular weight is 376 g/mol. The molecule has 2 saturated heterocycles. The second-order valence-electron chi connectivity index (χ2n) is 8.53. The third-order valence-electron chi connectivity index (χ3n) is 6.42. The lowest BCUT2D eigenvalue weighted by molar-refractivity contribution is -0.133. The first-order valence-corrected chi connectivity index (χ1v) is 10.7. The van der Waals surface area contributed by atoms with Crippen LogP contribution >= 0.6 is 0 Å². The Balaban J connectivity index is 1.41. The minimum Gasteiger partial charge on any atom is -0.343 e. The number of carbonyl (C=O) groups is 1. The van der Waals surface area contributed by atoms with Crippen molar-refractivity contribution in [1.29, 1.82) is 0 Å². The van der Waals surface area contributed by atoms with Gasteiger partial charge in [-0.15, -0.1) is 0 Å². The predicted octanol–water partition coefficient (Wildman–Crippen LogP) is 2.45. The molecule has 2 aliphatic rings. The van der Waals surface area contributed by atoms with E-state index in [2.05, 4.69) is 35.1 Å². The van der Waals surface area contributed by atoms with Crippen LogP contribution in [0.1, 0.15) is 51.0 Å². The van der Waals surface area contributed by atoms with E-state index in [0.717, 1.165) is 58.5 Å². The average Bonchev–Trinajstić information content (AvgIpc) is 3.14. The van der Waals surface area contributed by atoms with Crippen LogP contribution in [0.5, 0.6) is 0 Å². The maximum absolute atomic E-state index is 12.7. The number of nitrogens with zero attached hydrogens (tertiary/aromatic N) is 5. The molecule has 2 aliphatic heterocycles. The van der Waals surface area contributed by atoms with Crippen LogP contribution < -0.4 is 0 Å². The first-order chi connectivity index (χ1) is 13.0. The lowest BCUT2D eigenvalue weighted by Gasteiger charge is -2.36. The van der Waals surface area contributed by atoms with Crippen LogP contribution in [-0.4, -0.2) is 76.7 Å². The zero-order chi connectivity index (χ0) is 19.2. The fourth-order valence-electron chi connectivity index (χ4n) is 4.54. The second-order valence-corrected chi connectivity index (χ2v) is 8.53. The minimum absolute atomic E-state index is 0.339. The Morgan fingerprint density at radius 1 is 1.26 bits per heavy atom. The van der Waals surface area contributed by atoms with Gasteiger partial charge in [0.05, 0.1) is 6.20 Å². The van der Waals surface area contributed by atoms with Crippen molar-refractivity contribution in [3.63, 3.8) is 0 Å². The van der Waals surface area contributed by atoms with Gasteiger partial charge in [0.25, 0.3) is 0 Å². The molecule has 3 heterocycles. The van der Waals surface area contributed by atoms with Gasteiger partial charge in [0.1, 0.15) is 0 Å². The van der Waals surface area contributed by atoms with E-state index in [1.807, 2.05) is 22.8 Å². The van der Waals surface area contributed by atoms with E-state index in [1.165, 1.54) is 18.4 Å². The molecule has 1 aromatic heterocycles. The molecule has 1 aromatic rings. The molecule has 0 spiro atoms. The number of rotatable bonds is 7. The number of hydrogen-bond donors (Lipinski definition) is 0. The van der Waals surface area contributed by atoms with Crippen molar-refractivity contribution in [1.82, 2.24) is 24.5 Å². The van der Waals surface area contributed by atoms with Crippen molar-refractivity contribution in [3.8, 4) is 0 Å². The van der Waals surface area contributed by atoms with Gasteiger partial charge in [-0.25, -0.2) is 0 Å². The zero-order valence-corrected chi connectivity index (χ0v) is 17.4. The van der Waals surface area contributed by atoms with E-state index >= 15 is 0 Å². The van der Waals surface area contributed by atoms with Crippen molar-refractivity contribution in [2.24, 2.45) is 5.92 Å². The summed E-state index contributed by atoms with van der Waals surface area (Å²) >= 11 is 0. The number of piperidine rings is 2. The van der Waals surface area contributed by atoms with Crippen LogP contribution in [0, 0.1) is 5.92 Å². The molecule has 0 aromatic carbocycles. The van der Waals surface area contributed by atoms with Crippen LogP contribution in [0.25, 0.3) is 0 Å². The minimum atomic E-state index is 0.339. The molecular formula is C21H37N5O. The standard InChI is InChI=1S/C21H37N5O/c1-4-26-17-19(14-22-26)16-25-11-5-6-18(15-25)7-8-21(27)24(3)20-9-12-23(2)13-10-20/h14,17-18,20H,4-13,15-16H2,1-3H3. The number of carbonyl (C=O) groups excluding carboxylic acids is 1. The Labute approximate surface area is 164 Å². The van der Waals surface area contributed by atoms with Crippen molar-refractivity contribution >= 4 is 5.91 Å². The summed E-state index contributed by atoms with van der Waals surface area (Å²) in [5, 5.41) is 4.38. The Morgan fingerprint density at radius 3 is 2.74 bits per heavy atom. The molecule has 1 unspecified atom stereocenters. The second kappa shape index (κ2) is 9.69. The van der Waals surface area contributed by atoms with Gasteiger partial charge < -0.3 is 9.80 Å². The monoisotopic (exact) mass is 375 g/mol. The molecule has 1 amide bonds. The summed E-state index contributed by atoms with van der Waals surface area (Å²) in [5.74, 6) is 0.987. The molecule has 6 nitrogen and oxygen atoms in total. The summed E-state index contributed by atoms with van der Waals surface area (Å²) in [5.41, 5.74) is 1.30. The molecule has 0 saturated carbocycles. The molecule has 0 N–H and O–H groups in total. The lowest BCUT2D eigenvalue weighted by atomic mass is 9.92. The van der Waals surface area contributed by atoms with E-state index in [-0.39, 0.29) is 0 Å². The summed E-state index contributed by atoms with van der Waals surface area (Å²) < 4.78 is 1.99. The molecule has 27 heavy (non-hydrogen) atoms. The normalized spacial score (nSPS) is 22.9. The fourth-order valence-corrected chi connectivity index (χ4v) is 4.54. The maximum Gasteiger partial charge on any atom is 0.222 e. The molecule has 2 fully saturated rings. The topological polar surface area (TPSA) is 44.6 Å². The van der Waals surface area contributed by atoms with Crippen molar-refractivity contribution in [2.75, 3.05) is 40.3 Å². The summed E-state index contributed by atoms with van der Waals surface area (Å²) in [7, 11) is 4.18. The highest BCUT2D eigenvalue weighted by atomic mass is 16.2. The Bertz CT molecular complexity index is 593. The third-order valence-corrected chi connectivity index (χ3v) is 6.42. The van der Waals surface area contributed by atoms with Crippen molar-refractivity contribution in [3.05, 3.63) is 18.0 Å². The molecular weight excluding hydrogens is 338 g/mol. The fraction of sp³-hybridized carbons (Fsp3) is 0.810. The van der Waals surface area contributed by atoms with E-state index < -0.39 is 0 Å². The van der Waals surface area contributed by atoms with Crippen LogP contribution in [0.15, 0.2) is 12.4 Å². The molecule has 0 bridgehead atoms. The highest BCUT2D eigenvalue weighted by Gasteiger charge is 2.25. The van der Waals surface area contributed by atoms with E-state index in [0.29, 0.717) is 24.3 Å². The summed E-state index contributed by atoms with van der Waals surface area (Å²) in [6.07, 6.45) is 10.6. The van der Waals surface area contributed by atoms with Gasteiger partial charge in [-0.1, -0.05) is 0 Å². The first kappa shape index (κ1) is 20.3. The van der Waals surface area contributed by atoms with Gasteiger partial charge in [0.15, 0.2) is 0 Å². The van der Waals surface area contributed by atoms with Crippen LogP contribution in [0.4, 0.5) is 0 Å². The van der Waals surface area contributed by atoms with Crippen LogP contribution in [0.2, 0.25) is 0 Å². The number of amides is 1. The van der Waals surface area contributed by atoms with Gasteiger partial charge in [0, 0.05) is 50.9 Å². The first-order valence-electron chi connectivity index (χ1n) is 10.7. The number of aromatic nitrogens is 2. The highest BCUT2D eigenvalue weighted by molar-refractivity contribution is 5.76. The Morgan fingerprint density at radius 2 is 2.04 bits per heavy atom. The van der Waals surface area contributed by atoms with E-state index in [9.17, 15) is 4.79 Å². The maximum atomic E-state index is 12.7. The Hall–Kier alpha value is -1.40. The molecule has 0 radical (unpaired) electrons. The van der Waals surface area contributed by atoms with Gasteiger partial charge >= 0.3 is 0 Å². The summed E-state index contributed by atoms with van der Waals surface area (Å²) in [6, 6.07) is 0.437. The van der Waals surface area contributed by atoms with Gasteiger partial charge in [-0.3, -0.25) is 14.4 Å². The quantitative estimate of drug-likeness (QED) is 0.734. The van der Waals surface area contributed by atoms with Gasteiger partial charge in [-0.2, -0.15) is 5.10 Å². The predicted molar refractivity (Wildman–Crippen MR) is 108 cm³/mol.